The third kappa shape index (κ3) is 3.42. The molecule has 0 unspecified atom stereocenters. The fourth-order valence-corrected chi connectivity index (χ4v) is 1.97. The van der Waals surface area contributed by atoms with E-state index in [9.17, 15) is 18.8 Å². The molecule has 7 nitrogen and oxygen atoms in total. The second-order valence-electron chi connectivity index (χ2n) is 4.49. The largest absolute Gasteiger partial charge is 0.464 e. The average molecular weight is 320 g/mol. The molecule has 0 aliphatic rings. The number of hydrogen-bond acceptors (Lipinski definition) is 6. The van der Waals surface area contributed by atoms with Gasteiger partial charge in [-0.2, -0.15) is 0 Å². The lowest BCUT2D eigenvalue weighted by Crippen LogP contribution is -2.19. The van der Waals surface area contributed by atoms with Gasteiger partial charge in [0, 0.05) is 5.56 Å². The predicted molar refractivity (Wildman–Crippen MR) is 75.6 cm³/mol. The van der Waals surface area contributed by atoms with Crippen molar-refractivity contribution in [1.82, 2.24) is 9.55 Å². The van der Waals surface area contributed by atoms with E-state index in [2.05, 4.69) is 14.5 Å². The molecule has 23 heavy (non-hydrogen) atoms. The minimum Gasteiger partial charge on any atom is -0.464 e. The average Bonchev–Trinajstić information content (AvgIpc) is 2.96. The quantitative estimate of drug-likeness (QED) is 0.612. The van der Waals surface area contributed by atoms with Crippen molar-refractivity contribution in [2.45, 2.75) is 6.54 Å². The predicted octanol–water partition coefficient (Wildman–Crippen LogP) is 1.48. The highest BCUT2D eigenvalue weighted by Crippen LogP contribution is 2.13. The second-order valence-corrected chi connectivity index (χ2v) is 4.49. The monoisotopic (exact) mass is 320 g/mol. The molecule has 0 radical (unpaired) electrons. The van der Waals surface area contributed by atoms with Crippen molar-refractivity contribution in [2.24, 2.45) is 0 Å². The Morgan fingerprint density at radius 2 is 1.87 bits per heavy atom. The molecule has 0 aliphatic carbocycles. The maximum atomic E-state index is 13.2. The Morgan fingerprint density at radius 1 is 1.17 bits per heavy atom. The summed E-state index contributed by atoms with van der Waals surface area (Å²) in [5.74, 6) is -2.68. The lowest BCUT2D eigenvalue weighted by molar-refractivity contribution is 0.0543. The van der Waals surface area contributed by atoms with E-state index >= 15 is 0 Å². The van der Waals surface area contributed by atoms with Gasteiger partial charge in [-0.05, 0) is 12.1 Å². The van der Waals surface area contributed by atoms with Gasteiger partial charge in [0.1, 0.15) is 5.82 Å². The molecule has 0 amide bonds. The van der Waals surface area contributed by atoms with Crippen LogP contribution in [0.15, 0.2) is 30.6 Å². The molecule has 0 saturated carbocycles. The number of ether oxygens (including phenoxy) is 2. The van der Waals surface area contributed by atoms with E-state index in [0.29, 0.717) is 0 Å². The molecule has 1 aromatic heterocycles. The van der Waals surface area contributed by atoms with Crippen LogP contribution in [0, 0.1) is 5.82 Å². The van der Waals surface area contributed by atoms with Crippen LogP contribution in [-0.2, 0) is 16.0 Å². The zero-order valence-electron chi connectivity index (χ0n) is 12.4. The molecule has 0 bridgehead atoms. The first kappa shape index (κ1) is 16.3. The van der Waals surface area contributed by atoms with Gasteiger partial charge in [0.05, 0.1) is 27.1 Å². The molecule has 0 spiro atoms. The maximum absolute atomic E-state index is 13.2. The number of methoxy groups -OCH3 is 2. The Hall–Kier alpha value is -3.03. The molecule has 2 rings (SSSR count). The van der Waals surface area contributed by atoms with Gasteiger partial charge < -0.3 is 14.0 Å². The number of rotatable bonds is 5. The third-order valence-electron chi connectivity index (χ3n) is 3.06. The number of imidazole rings is 1. The first-order valence-electron chi connectivity index (χ1n) is 6.48. The number of Topliss-reactive ketones (excluding diaryl/α,β-unsaturated/α-hetero) is 1. The molecule has 120 valence electrons. The number of ketones is 1. The van der Waals surface area contributed by atoms with Crippen molar-refractivity contribution in [1.29, 1.82) is 0 Å². The van der Waals surface area contributed by atoms with Crippen LogP contribution in [0.1, 0.15) is 31.3 Å². The van der Waals surface area contributed by atoms with Crippen molar-refractivity contribution in [3.63, 3.8) is 0 Å². The van der Waals surface area contributed by atoms with E-state index in [-0.39, 0.29) is 23.5 Å². The lowest BCUT2D eigenvalue weighted by atomic mass is 10.1. The van der Waals surface area contributed by atoms with Crippen LogP contribution < -0.4 is 0 Å². The molecule has 8 heteroatoms. The topological polar surface area (TPSA) is 87.5 Å². The van der Waals surface area contributed by atoms with Gasteiger partial charge in [-0.25, -0.2) is 19.0 Å². The molecule has 0 saturated heterocycles. The number of carbonyl (C=O) groups excluding carboxylic acids is 3. The first-order chi connectivity index (χ1) is 11.0. The Balaban J connectivity index is 2.36. The molecule has 0 atom stereocenters. The second kappa shape index (κ2) is 6.82. The summed E-state index contributed by atoms with van der Waals surface area (Å²) in [4.78, 5) is 39.5. The summed E-state index contributed by atoms with van der Waals surface area (Å²) in [5.41, 5.74) is -0.329. The molecule has 0 aliphatic heterocycles. The van der Waals surface area contributed by atoms with Crippen molar-refractivity contribution in [3.05, 3.63) is 53.4 Å². The van der Waals surface area contributed by atoms with E-state index in [1.807, 2.05) is 0 Å². The fraction of sp³-hybridized carbons (Fsp3) is 0.200. The van der Waals surface area contributed by atoms with Crippen LogP contribution in [-0.4, -0.2) is 41.5 Å². The van der Waals surface area contributed by atoms with Crippen molar-refractivity contribution in [3.8, 4) is 0 Å². The van der Waals surface area contributed by atoms with Crippen LogP contribution in [0.5, 0.6) is 0 Å². The number of benzene rings is 1. The Morgan fingerprint density at radius 3 is 2.48 bits per heavy atom. The van der Waals surface area contributed by atoms with Gasteiger partial charge in [-0.1, -0.05) is 12.1 Å². The zero-order chi connectivity index (χ0) is 17.0. The number of carbonyl (C=O) groups is 3. The van der Waals surface area contributed by atoms with E-state index in [0.717, 1.165) is 31.2 Å². The number of aromatic nitrogens is 2. The van der Waals surface area contributed by atoms with Gasteiger partial charge in [0.15, 0.2) is 17.2 Å². The summed E-state index contributed by atoms with van der Waals surface area (Å²) in [7, 11) is 2.27. The summed E-state index contributed by atoms with van der Waals surface area (Å²) in [6.45, 7) is -0.308. The minimum absolute atomic E-state index is 0.133. The normalized spacial score (nSPS) is 10.2. The van der Waals surface area contributed by atoms with E-state index < -0.39 is 23.5 Å². The van der Waals surface area contributed by atoms with Gasteiger partial charge in [0.2, 0.25) is 0 Å². The zero-order valence-corrected chi connectivity index (χ0v) is 12.4. The standard InChI is InChI=1S/C15H13FN2O5/c1-22-14(20)12-13(15(21)23-2)18(8-17-12)7-11(19)9-4-3-5-10(16)6-9/h3-6,8H,7H2,1-2H3. The Bertz CT molecular complexity index is 769. The maximum Gasteiger partial charge on any atom is 0.359 e. The van der Waals surface area contributed by atoms with Crippen LogP contribution >= 0.6 is 0 Å². The third-order valence-corrected chi connectivity index (χ3v) is 3.06. The fourth-order valence-electron chi connectivity index (χ4n) is 1.97. The molecule has 1 aromatic carbocycles. The summed E-state index contributed by atoms with van der Waals surface area (Å²) in [5, 5.41) is 0. The Labute approximate surface area is 130 Å². The Kier molecular flexibility index (Phi) is 4.85. The van der Waals surface area contributed by atoms with E-state index in [1.165, 1.54) is 18.2 Å². The molecule has 0 N–H and O–H groups in total. The summed E-state index contributed by atoms with van der Waals surface area (Å²) < 4.78 is 23.5. The van der Waals surface area contributed by atoms with E-state index in [4.69, 9.17) is 0 Å². The van der Waals surface area contributed by atoms with E-state index in [1.54, 1.807) is 0 Å². The minimum atomic E-state index is -0.838. The molecule has 0 fully saturated rings. The molecule has 1 heterocycles. The van der Waals surface area contributed by atoms with Gasteiger partial charge in [0.25, 0.3) is 0 Å². The van der Waals surface area contributed by atoms with Gasteiger partial charge >= 0.3 is 11.9 Å². The smallest absolute Gasteiger partial charge is 0.359 e. The van der Waals surface area contributed by atoms with Crippen LogP contribution in [0.4, 0.5) is 4.39 Å². The highest BCUT2D eigenvalue weighted by molar-refractivity contribution is 6.01. The molecule has 2 aromatic rings. The lowest BCUT2D eigenvalue weighted by Gasteiger charge is -2.07. The summed E-state index contributed by atoms with van der Waals surface area (Å²) in [6, 6.07) is 5.14. The summed E-state index contributed by atoms with van der Waals surface area (Å²) >= 11 is 0. The number of nitrogens with zero attached hydrogens (tertiary/aromatic N) is 2. The highest BCUT2D eigenvalue weighted by atomic mass is 19.1. The van der Waals surface area contributed by atoms with Crippen LogP contribution in [0.25, 0.3) is 0 Å². The number of hydrogen-bond donors (Lipinski definition) is 0. The highest BCUT2D eigenvalue weighted by Gasteiger charge is 2.26. The van der Waals surface area contributed by atoms with Crippen LogP contribution in [0.2, 0.25) is 0 Å². The number of esters is 2. The number of halogens is 1. The van der Waals surface area contributed by atoms with Crippen molar-refractivity contribution in [2.75, 3.05) is 14.2 Å². The van der Waals surface area contributed by atoms with Crippen molar-refractivity contribution >= 4 is 17.7 Å². The van der Waals surface area contributed by atoms with Gasteiger partial charge in [-0.15, -0.1) is 0 Å². The van der Waals surface area contributed by atoms with Gasteiger partial charge in [-0.3, -0.25) is 4.79 Å². The van der Waals surface area contributed by atoms with Crippen molar-refractivity contribution < 1.29 is 28.2 Å². The first-order valence-corrected chi connectivity index (χ1v) is 6.48. The molecular weight excluding hydrogens is 307 g/mol. The van der Waals surface area contributed by atoms with Crippen LogP contribution in [0.3, 0.4) is 0 Å². The molecular formula is C15H13FN2O5. The SMILES string of the molecule is COC(=O)c1ncn(CC(=O)c2cccc(F)c2)c1C(=O)OC. The summed E-state index contributed by atoms with van der Waals surface area (Å²) in [6.07, 6.45) is 1.15.